The lowest BCUT2D eigenvalue weighted by atomic mass is 10.1. The largest absolute Gasteiger partial charge is 0.493 e. The van der Waals surface area contributed by atoms with Gasteiger partial charge in [-0.1, -0.05) is 41.6 Å². The van der Waals surface area contributed by atoms with E-state index in [1.165, 1.54) is 11.8 Å². The molecule has 6 nitrogen and oxygen atoms in total. The summed E-state index contributed by atoms with van der Waals surface area (Å²) in [4.78, 5) is 0.280. The molecule has 0 radical (unpaired) electrons. The highest BCUT2D eigenvalue weighted by Gasteiger charge is 2.21. The third-order valence-corrected chi connectivity index (χ3v) is 7.14. The Hall–Kier alpha value is -2.58. The van der Waals surface area contributed by atoms with Crippen LogP contribution < -0.4 is 4.74 Å². The molecule has 8 heteroatoms. The van der Waals surface area contributed by atoms with Crippen molar-refractivity contribution >= 4 is 21.6 Å². The molecule has 0 saturated heterocycles. The molecule has 0 fully saturated rings. The van der Waals surface area contributed by atoms with Crippen LogP contribution in [0.25, 0.3) is 0 Å². The van der Waals surface area contributed by atoms with Gasteiger partial charge in [0.25, 0.3) is 0 Å². The van der Waals surface area contributed by atoms with Crippen LogP contribution in [-0.2, 0) is 22.1 Å². The van der Waals surface area contributed by atoms with E-state index in [-0.39, 0.29) is 10.6 Å². The van der Waals surface area contributed by atoms with Crippen LogP contribution in [0.2, 0.25) is 0 Å². The Morgan fingerprint density at radius 2 is 1.71 bits per heavy atom. The number of benzene rings is 2. The Bertz CT molecular complexity index is 1130. The van der Waals surface area contributed by atoms with E-state index in [1.807, 2.05) is 32.9 Å². The fourth-order valence-electron chi connectivity index (χ4n) is 3.15. The molecule has 1 aromatic heterocycles. The molecule has 31 heavy (non-hydrogen) atoms. The van der Waals surface area contributed by atoms with Crippen LogP contribution in [0.15, 0.2) is 65.2 Å². The maximum atomic E-state index is 12.8. The summed E-state index contributed by atoms with van der Waals surface area (Å²) in [6.07, 6.45) is 1.71. The first-order valence-corrected chi connectivity index (χ1v) is 12.6. The molecule has 0 N–H and O–H groups in total. The highest BCUT2D eigenvalue weighted by atomic mass is 32.2. The first-order valence-electron chi connectivity index (χ1n) is 9.95. The lowest BCUT2D eigenvalue weighted by Gasteiger charge is -2.10. The summed E-state index contributed by atoms with van der Waals surface area (Å²) in [7, 11) is -3.52. The second kappa shape index (κ2) is 10.2. The number of nitrogens with zero attached hydrogens (tertiary/aromatic N) is 3. The third kappa shape index (κ3) is 6.21. The van der Waals surface area contributed by atoms with Gasteiger partial charge in [-0.3, -0.25) is 0 Å². The van der Waals surface area contributed by atoms with Crippen LogP contribution >= 0.6 is 11.8 Å². The fraction of sp³-hybridized carbons (Fsp3) is 0.304. The lowest BCUT2D eigenvalue weighted by molar-refractivity contribution is 0.343. The molecular formula is C23H27N3O3S2. The van der Waals surface area contributed by atoms with Crippen molar-refractivity contribution in [1.29, 1.82) is 0 Å². The summed E-state index contributed by atoms with van der Waals surface area (Å²) in [5.74, 6) is 1.69. The molecule has 2 aromatic carbocycles. The van der Waals surface area contributed by atoms with Gasteiger partial charge < -0.3 is 9.30 Å². The molecule has 3 aromatic rings. The smallest absolute Gasteiger partial charge is 0.191 e. The molecule has 3 rings (SSSR count). The minimum Gasteiger partial charge on any atom is -0.493 e. The van der Waals surface area contributed by atoms with E-state index >= 15 is 0 Å². The van der Waals surface area contributed by atoms with E-state index in [2.05, 4.69) is 22.8 Å². The van der Waals surface area contributed by atoms with Crippen molar-refractivity contribution in [2.45, 2.75) is 43.1 Å². The van der Waals surface area contributed by atoms with Crippen molar-refractivity contribution in [1.82, 2.24) is 14.8 Å². The van der Waals surface area contributed by atoms with Gasteiger partial charge in [0.05, 0.1) is 11.5 Å². The van der Waals surface area contributed by atoms with Crippen LogP contribution in [0.4, 0.5) is 0 Å². The van der Waals surface area contributed by atoms with Crippen LogP contribution in [0.1, 0.15) is 22.5 Å². The Kier molecular flexibility index (Phi) is 7.56. The Balaban J connectivity index is 1.67. The summed E-state index contributed by atoms with van der Waals surface area (Å²) >= 11 is 1.48. The Morgan fingerprint density at radius 1 is 1.03 bits per heavy atom. The normalized spacial score (nSPS) is 11.5. The van der Waals surface area contributed by atoms with Crippen LogP contribution in [0.3, 0.4) is 0 Å². The topological polar surface area (TPSA) is 74.1 Å². The number of hydrogen-bond donors (Lipinski definition) is 0. The highest BCUT2D eigenvalue weighted by molar-refractivity contribution is 7.99. The molecule has 0 aliphatic carbocycles. The number of sulfone groups is 1. The van der Waals surface area contributed by atoms with E-state index in [1.54, 1.807) is 34.9 Å². The summed E-state index contributed by atoms with van der Waals surface area (Å²) in [6, 6.07) is 12.9. The van der Waals surface area contributed by atoms with Crippen LogP contribution in [0.5, 0.6) is 5.75 Å². The van der Waals surface area contributed by atoms with Crippen molar-refractivity contribution < 1.29 is 13.2 Å². The molecule has 0 bridgehead atoms. The maximum Gasteiger partial charge on any atom is 0.191 e. The number of rotatable bonds is 10. The summed E-state index contributed by atoms with van der Waals surface area (Å²) in [5.41, 5.74) is 3.33. The molecule has 0 unspecified atom stereocenters. The van der Waals surface area contributed by atoms with E-state index in [0.29, 0.717) is 29.9 Å². The standard InChI is InChI=1S/C23H27N3O3S2/c1-5-10-26-22(16-31(27,28)21-8-6-17(2)7-9-21)24-25-23(26)30-12-11-29-20-14-18(3)13-19(4)15-20/h5-9,13-15H,1,10-12,16H2,2-4H3. The zero-order chi connectivity index (χ0) is 22.4. The predicted octanol–water partition coefficient (Wildman–Crippen LogP) is 4.53. The molecule has 0 atom stereocenters. The molecule has 0 saturated carbocycles. The number of aromatic nitrogens is 3. The van der Waals surface area contributed by atoms with Gasteiger partial charge in [-0.05, 0) is 56.2 Å². The van der Waals surface area contributed by atoms with Gasteiger partial charge in [-0.15, -0.1) is 16.8 Å². The lowest BCUT2D eigenvalue weighted by Crippen LogP contribution is -2.12. The summed E-state index contributed by atoms with van der Waals surface area (Å²) in [6.45, 7) is 10.7. The van der Waals surface area contributed by atoms with Crippen molar-refractivity contribution in [3.05, 3.63) is 77.6 Å². The fourth-order valence-corrected chi connectivity index (χ4v) is 5.21. The number of aryl methyl sites for hydroxylation is 3. The monoisotopic (exact) mass is 457 g/mol. The maximum absolute atomic E-state index is 12.8. The van der Waals surface area contributed by atoms with Gasteiger partial charge in [0.1, 0.15) is 17.3 Å². The summed E-state index contributed by atoms with van der Waals surface area (Å²) in [5, 5.41) is 9.01. The quantitative estimate of drug-likeness (QED) is 0.253. The zero-order valence-electron chi connectivity index (χ0n) is 18.0. The number of allylic oxidation sites excluding steroid dienone is 1. The second-order valence-electron chi connectivity index (χ2n) is 7.39. The number of thioether (sulfide) groups is 1. The third-order valence-electron chi connectivity index (χ3n) is 4.58. The molecule has 164 valence electrons. The molecule has 0 aliphatic heterocycles. The Morgan fingerprint density at radius 3 is 2.35 bits per heavy atom. The average molecular weight is 458 g/mol. The zero-order valence-corrected chi connectivity index (χ0v) is 19.7. The molecule has 0 spiro atoms. The predicted molar refractivity (Wildman–Crippen MR) is 124 cm³/mol. The van der Waals surface area contributed by atoms with Crippen molar-refractivity contribution in [2.24, 2.45) is 0 Å². The van der Waals surface area contributed by atoms with E-state index in [4.69, 9.17) is 4.74 Å². The summed E-state index contributed by atoms with van der Waals surface area (Å²) < 4.78 is 33.3. The second-order valence-corrected chi connectivity index (χ2v) is 10.4. The minimum absolute atomic E-state index is 0.212. The van der Waals surface area contributed by atoms with Gasteiger partial charge in [0, 0.05) is 12.3 Å². The Labute approximate surface area is 188 Å². The van der Waals surface area contributed by atoms with Crippen LogP contribution in [0, 0.1) is 20.8 Å². The highest BCUT2D eigenvalue weighted by Crippen LogP contribution is 2.22. The van der Waals surface area contributed by atoms with Gasteiger partial charge in [0.15, 0.2) is 15.0 Å². The molecular weight excluding hydrogens is 430 g/mol. The van der Waals surface area contributed by atoms with Gasteiger partial charge in [-0.2, -0.15) is 0 Å². The number of hydrogen-bond acceptors (Lipinski definition) is 6. The first-order chi connectivity index (χ1) is 14.8. The van der Waals surface area contributed by atoms with Crippen molar-refractivity contribution in [2.75, 3.05) is 12.4 Å². The van der Waals surface area contributed by atoms with E-state index < -0.39 is 9.84 Å². The van der Waals surface area contributed by atoms with E-state index in [0.717, 1.165) is 22.4 Å². The van der Waals surface area contributed by atoms with Gasteiger partial charge in [0.2, 0.25) is 0 Å². The molecule has 0 amide bonds. The van der Waals surface area contributed by atoms with Crippen molar-refractivity contribution in [3.8, 4) is 5.75 Å². The molecule has 1 heterocycles. The van der Waals surface area contributed by atoms with Crippen LogP contribution in [-0.4, -0.2) is 35.5 Å². The number of ether oxygens (including phenoxy) is 1. The van der Waals surface area contributed by atoms with E-state index in [9.17, 15) is 8.42 Å². The van der Waals surface area contributed by atoms with Crippen molar-refractivity contribution in [3.63, 3.8) is 0 Å². The minimum atomic E-state index is -3.52. The average Bonchev–Trinajstić information content (AvgIpc) is 3.06. The van der Waals surface area contributed by atoms with Gasteiger partial charge >= 0.3 is 0 Å². The van der Waals surface area contributed by atoms with Gasteiger partial charge in [-0.25, -0.2) is 8.42 Å². The molecule has 0 aliphatic rings. The SMILES string of the molecule is C=CCn1c(CS(=O)(=O)c2ccc(C)cc2)nnc1SCCOc1cc(C)cc(C)c1. The first kappa shape index (κ1) is 23.1.